The number of hydrogen-bond acceptors (Lipinski definition) is 2. The van der Waals surface area contributed by atoms with Crippen molar-refractivity contribution in [2.24, 2.45) is 5.73 Å². The highest BCUT2D eigenvalue weighted by Gasteiger charge is 2.03. The molecule has 0 fully saturated rings. The number of carbonyl (C=O) groups excluding carboxylic acids is 1. The highest BCUT2D eigenvalue weighted by Crippen LogP contribution is 2.04. The molecule has 0 rings (SSSR count). The van der Waals surface area contributed by atoms with Gasteiger partial charge in [-0.2, -0.15) is 0 Å². The van der Waals surface area contributed by atoms with Crippen LogP contribution in [0.5, 0.6) is 0 Å². The van der Waals surface area contributed by atoms with Gasteiger partial charge in [-0.25, -0.2) is 0 Å². The first-order chi connectivity index (χ1) is 5.13. The molecule has 0 amide bonds. The summed E-state index contributed by atoms with van der Waals surface area (Å²) in [6, 6.07) is 0. The van der Waals surface area contributed by atoms with Crippen LogP contribution in [0.4, 0.5) is 0 Å². The van der Waals surface area contributed by atoms with Gasteiger partial charge in [-0.15, -0.1) is 0 Å². The van der Waals surface area contributed by atoms with Crippen LogP contribution in [0.3, 0.4) is 0 Å². The van der Waals surface area contributed by atoms with E-state index in [2.05, 4.69) is 6.58 Å². The predicted octanol–water partition coefficient (Wildman–Crippen LogP) is 1.55. The second kappa shape index (κ2) is 4.50. The molecule has 0 spiro atoms. The zero-order valence-electron chi connectivity index (χ0n) is 6.92. The van der Waals surface area contributed by atoms with Crippen LogP contribution >= 0.6 is 0 Å². The van der Waals surface area contributed by atoms with E-state index >= 15 is 0 Å². The number of nitrogens with two attached hydrogens (primary N) is 1. The minimum atomic E-state index is -0.0249. The molecule has 0 aliphatic carbocycles. The van der Waals surface area contributed by atoms with Crippen molar-refractivity contribution in [3.8, 4) is 0 Å². The molecule has 0 heterocycles. The largest absolute Gasteiger partial charge is 0.398 e. The topological polar surface area (TPSA) is 43.1 Å². The van der Waals surface area contributed by atoms with Gasteiger partial charge >= 0.3 is 0 Å². The van der Waals surface area contributed by atoms with Crippen LogP contribution in [0.2, 0.25) is 0 Å². The van der Waals surface area contributed by atoms with Crippen LogP contribution in [0.1, 0.15) is 13.8 Å². The number of allylic oxidation sites excluding steroid dienone is 4. The summed E-state index contributed by atoms with van der Waals surface area (Å²) in [7, 11) is 0. The predicted molar refractivity (Wildman–Crippen MR) is 46.9 cm³/mol. The van der Waals surface area contributed by atoms with E-state index in [-0.39, 0.29) is 5.78 Å². The van der Waals surface area contributed by atoms with Crippen LogP contribution in [0.15, 0.2) is 36.1 Å². The fourth-order valence-electron chi connectivity index (χ4n) is 0.790. The quantitative estimate of drug-likeness (QED) is 0.491. The molecule has 2 heteroatoms. The summed E-state index contributed by atoms with van der Waals surface area (Å²) in [5.74, 6) is -0.0249. The second-order valence-corrected chi connectivity index (χ2v) is 2.12. The van der Waals surface area contributed by atoms with Gasteiger partial charge < -0.3 is 5.73 Å². The van der Waals surface area contributed by atoms with E-state index < -0.39 is 0 Å². The molecule has 0 aliphatic heterocycles. The molecule has 2 N–H and O–H groups in total. The standard InChI is InChI=1S/C9H13NO/c1-4-6-9(10)8(5-2)7(3)11/h4-6H,1,10H2,2-3H3/b8-5-,9-6+. The van der Waals surface area contributed by atoms with Gasteiger partial charge in [-0.1, -0.05) is 18.7 Å². The number of rotatable bonds is 3. The average molecular weight is 151 g/mol. The van der Waals surface area contributed by atoms with Crippen LogP contribution < -0.4 is 5.73 Å². The first-order valence-corrected chi connectivity index (χ1v) is 3.39. The van der Waals surface area contributed by atoms with E-state index in [1.54, 1.807) is 25.2 Å². The van der Waals surface area contributed by atoms with Gasteiger partial charge in [0, 0.05) is 11.3 Å². The molecule has 0 atom stereocenters. The van der Waals surface area contributed by atoms with Crippen molar-refractivity contribution in [2.45, 2.75) is 13.8 Å². The lowest BCUT2D eigenvalue weighted by atomic mass is 10.1. The van der Waals surface area contributed by atoms with Crippen molar-refractivity contribution >= 4 is 5.78 Å². The second-order valence-electron chi connectivity index (χ2n) is 2.12. The first kappa shape index (κ1) is 9.69. The zero-order chi connectivity index (χ0) is 8.85. The number of Topliss-reactive ketones (excluding diaryl/α,β-unsaturated/α-hetero) is 1. The molecule has 0 unspecified atom stereocenters. The van der Waals surface area contributed by atoms with Gasteiger partial charge in [0.2, 0.25) is 0 Å². The lowest BCUT2D eigenvalue weighted by Gasteiger charge is -2.00. The number of carbonyl (C=O) groups is 1. The number of hydrogen-bond donors (Lipinski definition) is 1. The molecule has 0 saturated heterocycles. The van der Waals surface area contributed by atoms with Gasteiger partial charge in [0.1, 0.15) is 0 Å². The van der Waals surface area contributed by atoms with E-state index in [0.29, 0.717) is 11.3 Å². The van der Waals surface area contributed by atoms with Crippen molar-refractivity contribution in [1.82, 2.24) is 0 Å². The molecule has 0 aromatic carbocycles. The highest BCUT2D eigenvalue weighted by molar-refractivity contribution is 5.97. The van der Waals surface area contributed by atoms with Gasteiger partial charge in [0.25, 0.3) is 0 Å². The average Bonchev–Trinajstić information content (AvgIpc) is 1.88. The van der Waals surface area contributed by atoms with E-state index in [1.165, 1.54) is 6.92 Å². The minimum absolute atomic E-state index is 0.0249. The fourth-order valence-corrected chi connectivity index (χ4v) is 0.790. The summed E-state index contributed by atoms with van der Waals surface area (Å²) in [6.07, 6.45) is 4.86. The highest BCUT2D eigenvalue weighted by atomic mass is 16.1. The van der Waals surface area contributed by atoms with Gasteiger partial charge in [0.15, 0.2) is 5.78 Å². The summed E-state index contributed by atoms with van der Waals surface area (Å²) in [4.78, 5) is 10.9. The lowest BCUT2D eigenvalue weighted by molar-refractivity contribution is -0.113. The van der Waals surface area contributed by atoms with E-state index in [0.717, 1.165) is 0 Å². The molecule has 60 valence electrons. The van der Waals surface area contributed by atoms with Crippen molar-refractivity contribution in [3.05, 3.63) is 36.1 Å². The number of ketones is 1. The summed E-state index contributed by atoms with van der Waals surface area (Å²) < 4.78 is 0. The van der Waals surface area contributed by atoms with Crippen LogP contribution in [0.25, 0.3) is 0 Å². The van der Waals surface area contributed by atoms with Gasteiger partial charge in [0.05, 0.1) is 0 Å². The Morgan fingerprint density at radius 3 is 2.36 bits per heavy atom. The Bertz CT molecular complexity index is 224. The van der Waals surface area contributed by atoms with Gasteiger partial charge in [-0.05, 0) is 19.9 Å². The molecule has 11 heavy (non-hydrogen) atoms. The van der Waals surface area contributed by atoms with E-state index in [1.807, 2.05) is 0 Å². The molecule has 0 radical (unpaired) electrons. The van der Waals surface area contributed by atoms with Crippen LogP contribution in [-0.4, -0.2) is 5.78 Å². The Hall–Kier alpha value is -1.31. The monoisotopic (exact) mass is 151 g/mol. The summed E-state index contributed by atoms with van der Waals surface area (Å²) in [5, 5.41) is 0. The maximum absolute atomic E-state index is 10.9. The smallest absolute Gasteiger partial charge is 0.161 e. The maximum Gasteiger partial charge on any atom is 0.161 e. The molecule has 0 bridgehead atoms. The third kappa shape index (κ3) is 2.85. The Labute approximate surface area is 67.1 Å². The molecule has 0 aromatic rings. The van der Waals surface area contributed by atoms with Crippen molar-refractivity contribution in [3.63, 3.8) is 0 Å². The van der Waals surface area contributed by atoms with Crippen molar-refractivity contribution in [2.75, 3.05) is 0 Å². The third-order valence-corrected chi connectivity index (χ3v) is 1.28. The summed E-state index contributed by atoms with van der Waals surface area (Å²) in [5.41, 5.74) is 6.55. The normalized spacial score (nSPS) is 12.9. The van der Waals surface area contributed by atoms with Crippen molar-refractivity contribution < 1.29 is 4.79 Å². The van der Waals surface area contributed by atoms with E-state index in [4.69, 9.17) is 5.73 Å². The van der Waals surface area contributed by atoms with Gasteiger partial charge in [-0.3, -0.25) is 4.79 Å². The summed E-state index contributed by atoms with van der Waals surface area (Å²) >= 11 is 0. The summed E-state index contributed by atoms with van der Waals surface area (Å²) in [6.45, 7) is 6.75. The molecule has 0 aromatic heterocycles. The lowest BCUT2D eigenvalue weighted by Crippen LogP contribution is -2.07. The van der Waals surface area contributed by atoms with Crippen molar-refractivity contribution in [1.29, 1.82) is 0 Å². The SMILES string of the molecule is C=C/C=C(N)\C(=C/C)C(C)=O. The van der Waals surface area contributed by atoms with Crippen LogP contribution in [0, 0.1) is 0 Å². The fraction of sp³-hybridized carbons (Fsp3) is 0.222. The Balaban J connectivity index is 4.67. The van der Waals surface area contributed by atoms with Crippen LogP contribution in [-0.2, 0) is 4.79 Å². The molecular formula is C9H13NO. The van der Waals surface area contributed by atoms with E-state index in [9.17, 15) is 4.79 Å². The third-order valence-electron chi connectivity index (χ3n) is 1.28. The molecule has 0 saturated carbocycles. The minimum Gasteiger partial charge on any atom is -0.398 e. The maximum atomic E-state index is 10.9. The molecular weight excluding hydrogens is 138 g/mol. The first-order valence-electron chi connectivity index (χ1n) is 3.39. The molecule has 0 aliphatic rings. The Morgan fingerprint density at radius 1 is 1.55 bits per heavy atom. The Morgan fingerprint density at radius 2 is 2.09 bits per heavy atom. The zero-order valence-corrected chi connectivity index (χ0v) is 6.92. The molecule has 2 nitrogen and oxygen atoms in total. The Kier molecular flexibility index (Phi) is 3.96.